The van der Waals surface area contributed by atoms with Crippen molar-refractivity contribution in [1.82, 2.24) is 19.9 Å². The van der Waals surface area contributed by atoms with Crippen LogP contribution in [0.1, 0.15) is 27.3 Å². The van der Waals surface area contributed by atoms with Gasteiger partial charge in [0.2, 0.25) is 5.88 Å². The predicted molar refractivity (Wildman–Crippen MR) is 106 cm³/mol. The molecule has 0 atom stereocenters. The summed E-state index contributed by atoms with van der Waals surface area (Å²) in [5.74, 6) is 0.895. The molecular weight excluding hydrogens is 378 g/mol. The van der Waals surface area contributed by atoms with E-state index in [4.69, 9.17) is 10.5 Å². The number of carbonyl (C=O) groups excluding carboxylic acids is 1. The van der Waals surface area contributed by atoms with E-state index in [0.29, 0.717) is 42.5 Å². The number of nitrogens with two attached hydrogens (primary N) is 1. The molecule has 144 valence electrons. The number of hydrogen-bond acceptors (Lipinski definition) is 6. The van der Waals surface area contributed by atoms with Crippen LogP contribution in [0.25, 0.3) is 0 Å². The van der Waals surface area contributed by atoms with Crippen LogP contribution in [0.3, 0.4) is 0 Å². The summed E-state index contributed by atoms with van der Waals surface area (Å²) in [7, 11) is 0. The lowest BCUT2D eigenvalue weighted by atomic mass is 10.0. The van der Waals surface area contributed by atoms with Crippen molar-refractivity contribution in [2.75, 3.05) is 6.54 Å². The van der Waals surface area contributed by atoms with Crippen molar-refractivity contribution in [3.63, 3.8) is 0 Å². The van der Waals surface area contributed by atoms with Crippen molar-refractivity contribution >= 4 is 18.3 Å². The monoisotopic (exact) mass is 397 g/mol. The molecule has 0 fully saturated rings. The van der Waals surface area contributed by atoms with E-state index >= 15 is 0 Å². The molecule has 4 rings (SSSR count). The molecule has 28 heavy (non-hydrogen) atoms. The maximum absolute atomic E-state index is 12.9. The summed E-state index contributed by atoms with van der Waals surface area (Å²) >= 11 is 0. The van der Waals surface area contributed by atoms with Gasteiger partial charge in [0.15, 0.2) is 0 Å². The van der Waals surface area contributed by atoms with Crippen LogP contribution in [0.15, 0.2) is 55.0 Å². The molecule has 0 aliphatic carbocycles. The highest BCUT2D eigenvalue weighted by Gasteiger charge is 2.22. The molecule has 3 aromatic rings. The predicted octanol–water partition coefficient (Wildman–Crippen LogP) is 2.74. The average Bonchev–Trinajstić information content (AvgIpc) is 2.73. The van der Waals surface area contributed by atoms with E-state index in [1.807, 2.05) is 11.0 Å². The third-order valence-electron chi connectivity index (χ3n) is 4.47. The van der Waals surface area contributed by atoms with Gasteiger partial charge in [0.25, 0.3) is 5.91 Å². The van der Waals surface area contributed by atoms with Gasteiger partial charge in [-0.15, -0.1) is 12.4 Å². The zero-order valence-electron chi connectivity index (χ0n) is 15.1. The van der Waals surface area contributed by atoms with Gasteiger partial charge in [-0.1, -0.05) is 12.1 Å². The lowest BCUT2D eigenvalue weighted by Crippen LogP contribution is -2.36. The molecule has 2 aromatic heterocycles. The first-order valence-corrected chi connectivity index (χ1v) is 8.74. The molecule has 8 heteroatoms. The third kappa shape index (κ3) is 4.27. The third-order valence-corrected chi connectivity index (χ3v) is 4.47. The van der Waals surface area contributed by atoms with Gasteiger partial charge >= 0.3 is 0 Å². The fourth-order valence-corrected chi connectivity index (χ4v) is 3.07. The van der Waals surface area contributed by atoms with Crippen LogP contribution in [0, 0.1) is 0 Å². The van der Waals surface area contributed by atoms with Crippen LogP contribution >= 0.6 is 12.4 Å². The molecule has 0 saturated heterocycles. The quantitative estimate of drug-likeness (QED) is 0.727. The summed E-state index contributed by atoms with van der Waals surface area (Å²) in [6.07, 6.45) is 3.98. The molecule has 2 N–H and O–H groups in total. The zero-order valence-corrected chi connectivity index (χ0v) is 15.9. The minimum absolute atomic E-state index is 0. The number of halogens is 1. The second-order valence-corrected chi connectivity index (χ2v) is 6.27. The summed E-state index contributed by atoms with van der Waals surface area (Å²) < 4.78 is 5.77. The molecular formula is C20H20ClN5O2. The Kier molecular flexibility index (Phi) is 6.18. The Balaban J connectivity index is 0.00000225. The van der Waals surface area contributed by atoms with Gasteiger partial charge in [-0.05, 0) is 36.2 Å². The fourth-order valence-electron chi connectivity index (χ4n) is 3.07. The van der Waals surface area contributed by atoms with E-state index in [0.717, 1.165) is 12.1 Å². The van der Waals surface area contributed by atoms with Crippen LogP contribution in [-0.4, -0.2) is 32.3 Å². The smallest absolute Gasteiger partial charge is 0.254 e. The van der Waals surface area contributed by atoms with E-state index in [1.165, 1.54) is 11.9 Å². The number of carbonyl (C=O) groups is 1. The summed E-state index contributed by atoms with van der Waals surface area (Å²) in [4.78, 5) is 27.2. The van der Waals surface area contributed by atoms with E-state index < -0.39 is 0 Å². The molecule has 3 heterocycles. The number of benzene rings is 1. The Morgan fingerprint density at radius 1 is 1.14 bits per heavy atom. The minimum Gasteiger partial charge on any atom is -0.439 e. The fraction of sp³-hybridized carbons (Fsp3) is 0.200. The van der Waals surface area contributed by atoms with Crippen molar-refractivity contribution in [1.29, 1.82) is 0 Å². The molecule has 0 bridgehead atoms. The Hall–Kier alpha value is -3.03. The molecule has 1 aliphatic heterocycles. The highest BCUT2D eigenvalue weighted by molar-refractivity contribution is 5.94. The van der Waals surface area contributed by atoms with Crippen molar-refractivity contribution in [2.24, 2.45) is 5.73 Å². The topological polar surface area (TPSA) is 94.2 Å². The highest BCUT2D eigenvalue weighted by Crippen LogP contribution is 2.23. The normalized spacial score (nSPS) is 12.7. The first-order chi connectivity index (χ1) is 13.2. The van der Waals surface area contributed by atoms with E-state index in [-0.39, 0.29) is 18.3 Å². The number of ether oxygens (including phenoxy) is 1. The van der Waals surface area contributed by atoms with Crippen LogP contribution in [0.2, 0.25) is 0 Å². The van der Waals surface area contributed by atoms with Gasteiger partial charge in [-0.3, -0.25) is 9.78 Å². The van der Waals surface area contributed by atoms with Gasteiger partial charge in [0.05, 0.1) is 17.9 Å². The molecule has 0 spiro atoms. The number of rotatable bonds is 4. The van der Waals surface area contributed by atoms with Gasteiger partial charge in [-0.25, -0.2) is 9.97 Å². The summed E-state index contributed by atoms with van der Waals surface area (Å²) in [6.45, 7) is 1.50. The lowest BCUT2D eigenvalue weighted by Gasteiger charge is -2.28. The van der Waals surface area contributed by atoms with E-state index in [2.05, 4.69) is 21.0 Å². The zero-order chi connectivity index (χ0) is 18.6. The largest absolute Gasteiger partial charge is 0.439 e. The number of fused-ring (bicyclic) bond motifs is 1. The molecule has 0 radical (unpaired) electrons. The number of aromatic nitrogens is 3. The van der Waals surface area contributed by atoms with E-state index in [1.54, 1.807) is 36.5 Å². The van der Waals surface area contributed by atoms with Crippen LogP contribution < -0.4 is 10.5 Å². The lowest BCUT2D eigenvalue weighted by molar-refractivity contribution is 0.0731. The minimum atomic E-state index is -0.0397. The molecule has 0 unspecified atom stereocenters. The Morgan fingerprint density at radius 2 is 2.04 bits per heavy atom. The van der Waals surface area contributed by atoms with Crippen LogP contribution in [-0.2, 0) is 19.5 Å². The maximum atomic E-state index is 12.9. The summed E-state index contributed by atoms with van der Waals surface area (Å²) in [5.41, 5.74) is 9.01. The molecule has 1 aromatic carbocycles. The van der Waals surface area contributed by atoms with Crippen LogP contribution in [0.5, 0.6) is 11.6 Å². The molecule has 1 aliphatic rings. The SMILES string of the molecule is Cl.NCc1cc(Oc2cccc(C(=O)N3CCc4cccnc4C3)c2)ncn1. The maximum Gasteiger partial charge on any atom is 0.254 e. The summed E-state index contributed by atoms with van der Waals surface area (Å²) in [6, 6.07) is 12.8. The molecule has 7 nitrogen and oxygen atoms in total. The van der Waals surface area contributed by atoms with E-state index in [9.17, 15) is 4.79 Å². The second-order valence-electron chi connectivity index (χ2n) is 6.27. The van der Waals surface area contributed by atoms with Gasteiger partial charge in [-0.2, -0.15) is 0 Å². The van der Waals surface area contributed by atoms with Gasteiger partial charge < -0.3 is 15.4 Å². The Bertz CT molecular complexity index is 982. The Morgan fingerprint density at radius 3 is 2.89 bits per heavy atom. The average molecular weight is 398 g/mol. The molecule has 0 saturated carbocycles. The highest BCUT2D eigenvalue weighted by atomic mass is 35.5. The number of hydrogen-bond donors (Lipinski definition) is 1. The number of amides is 1. The first-order valence-electron chi connectivity index (χ1n) is 8.74. The van der Waals surface area contributed by atoms with Crippen molar-refractivity contribution in [3.8, 4) is 11.6 Å². The molecule has 1 amide bonds. The summed E-state index contributed by atoms with van der Waals surface area (Å²) in [5, 5.41) is 0. The van der Waals surface area contributed by atoms with Crippen LogP contribution in [0.4, 0.5) is 0 Å². The standard InChI is InChI=1S/C20H19N5O2.ClH/c21-11-16-10-19(24-13-23-16)27-17-5-1-3-15(9-17)20(26)25-8-6-14-4-2-7-22-18(14)12-25;/h1-5,7,9-10,13H,6,8,11-12,21H2;1H. The number of pyridine rings is 1. The van der Waals surface area contributed by atoms with Crippen molar-refractivity contribution < 1.29 is 9.53 Å². The van der Waals surface area contributed by atoms with Crippen molar-refractivity contribution in [3.05, 3.63) is 77.5 Å². The second kappa shape index (κ2) is 8.77. The number of nitrogens with zero attached hydrogens (tertiary/aromatic N) is 4. The first kappa shape index (κ1) is 19.7. The van der Waals surface area contributed by atoms with Gasteiger partial charge in [0.1, 0.15) is 12.1 Å². The Labute approximate surface area is 169 Å². The van der Waals surface area contributed by atoms with Gasteiger partial charge in [0, 0.05) is 30.9 Å². The van der Waals surface area contributed by atoms with Crippen molar-refractivity contribution in [2.45, 2.75) is 19.5 Å².